The molecule has 124 heavy (non-hydrogen) atoms. The van der Waals surface area contributed by atoms with Crippen LogP contribution in [0.1, 0.15) is 212 Å². The fourth-order valence-corrected chi connectivity index (χ4v) is 14.0. The summed E-state index contributed by atoms with van der Waals surface area (Å²) in [6.07, 6.45) is -6.33. The van der Waals surface area contributed by atoms with Crippen LogP contribution in [0.4, 0.5) is 0 Å². The van der Waals surface area contributed by atoms with Gasteiger partial charge in [-0.2, -0.15) is 0 Å². The van der Waals surface area contributed by atoms with E-state index in [4.69, 9.17) is 91.0 Å². The second-order valence-corrected chi connectivity index (χ2v) is 30.2. The van der Waals surface area contributed by atoms with Gasteiger partial charge in [0.05, 0.1) is 25.9 Å². The Morgan fingerprint density at radius 3 is 0.919 bits per heavy atom. The lowest BCUT2D eigenvalue weighted by Gasteiger charge is -2.44. The third-order valence-corrected chi connectivity index (χ3v) is 19.4. The van der Waals surface area contributed by atoms with Crippen molar-refractivity contribution in [3.63, 3.8) is 0 Å². The molecule has 42 heteroatoms. The Kier molecular flexibility index (Phi) is 51.6. The number of carbonyl (C=O) groups is 16. The summed E-state index contributed by atoms with van der Waals surface area (Å²) in [5, 5.41) is 19.7. The van der Waals surface area contributed by atoms with Gasteiger partial charge in [-0.1, -0.05) is 51.4 Å². The van der Waals surface area contributed by atoms with E-state index in [0.717, 1.165) is 60.8 Å². The number of esters is 9. The predicted molar refractivity (Wildman–Crippen MR) is 431 cm³/mol. The molecule has 0 aromatic heterocycles. The Balaban J connectivity index is 1.41. The summed E-state index contributed by atoms with van der Waals surface area (Å²) in [6, 6.07) is -3.40. The van der Waals surface area contributed by atoms with Crippen LogP contribution in [0.3, 0.4) is 0 Å². The molecule has 42 nitrogen and oxygen atoms in total. The van der Waals surface area contributed by atoms with Crippen LogP contribution in [0, 0.1) is 0 Å². The largest absolute Gasteiger partial charge is 0.463 e. The summed E-state index contributed by atoms with van der Waals surface area (Å²) in [7, 11) is 0. The number of unbranched alkanes of at least 4 members (excludes halogenated alkanes) is 12. The van der Waals surface area contributed by atoms with Crippen molar-refractivity contribution in [2.45, 2.75) is 322 Å². The van der Waals surface area contributed by atoms with Crippen LogP contribution in [0.5, 0.6) is 0 Å². The van der Waals surface area contributed by atoms with Crippen molar-refractivity contribution in [3.05, 3.63) is 11.6 Å². The number of amides is 7. The highest BCUT2D eigenvalue weighted by molar-refractivity contribution is 5.94. The van der Waals surface area contributed by atoms with Crippen molar-refractivity contribution in [2.75, 3.05) is 92.2 Å². The van der Waals surface area contributed by atoms with Crippen molar-refractivity contribution >= 4 is 95.1 Å². The zero-order valence-corrected chi connectivity index (χ0v) is 73.5. The standard InChI is InChI=1S/C82H132N8O34/c1-48(91)88-69-76(119-57(10)100)73(116-54(7)97)63(45-113-51(4)94)122-80(69)110-37-26-18-15-22-33-84-66(103)29-40-107-61-43-60(79(106)87-36-25-14-13-21-32-83)44-62(108-41-30-67(104)85-34-23-16-19-27-38-111-81-70(89-49(2)92)77(120-58(11)101)74(117-55(8)98)64(123-81)46-114-52(5)95)72(61)109-42-31-68(105)86-35-24-17-20-28-39-112-82-71(90-50(3)93)78(121-59(12)102)75(118-56(9)99)65(124-82)47-115-53(6)96/h43,61-65,69-78,80-82H,13-42,44-47,83H2,1-12H3,(H,84,103)(H,85,104)(H,86,105)(H,87,106)(H,88,91)(H,89,92)(H,90,93)/t61-,62-,63-,64-,65-,69-,70-,71-,72-,73+,74+,75+,76-,77-,78-,80-,81-,82-/m1/s1. The Bertz CT molecular complexity index is 3440. The average molecular weight is 1770 g/mol. The summed E-state index contributed by atoms with van der Waals surface area (Å²) in [6.45, 7) is 14.5. The topological polar surface area (TPSA) is 549 Å². The fourth-order valence-electron chi connectivity index (χ4n) is 14.0. The third kappa shape index (κ3) is 43.2. The minimum atomic E-state index is -1.28. The van der Waals surface area contributed by atoms with Gasteiger partial charge in [-0.15, -0.1) is 0 Å². The molecule has 1 aliphatic carbocycles. The van der Waals surface area contributed by atoms with Gasteiger partial charge in [0.25, 0.3) is 0 Å². The third-order valence-electron chi connectivity index (χ3n) is 19.4. The summed E-state index contributed by atoms with van der Waals surface area (Å²) < 4.78 is 104. The number of nitrogens with one attached hydrogen (secondary N) is 7. The Morgan fingerprint density at radius 2 is 0.613 bits per heavy atom. The highest BCUT2D eigenvalue weighted by Crippen LogP contribution is 2.33. The smallest absolute Gasteiger partial charge is 0.303 e. The molecule has 3 saturated heterocycles. The van der Waals surface area contributed by atoms with Gasteiger partial charge in [-0.25, -0.2) is 0 Å². The zero-order chi connectivity index (χ0) is 91.6. The summed E-state index contributed by atoms with van der Waals surface area (Å²) in [5.74, 6) is -9.47. The highest BCUT2D eigenvalue weighted by Gasteiger charge is 2.55. The molecule has 18 atom stereocenters. The fraction of sp³-hybridized carbons (Fsp3) is 0.780. The molecule has 3 heterocycles. The van der Waals surface area contributed by atoms with E-state index in [9.17, 15) is 76.7 Å². The van der Waals surface area contributed by atoms with Gasteiger partial charge in [-0.3, -0.25) is 76.7 Å². The molecule has 3 aliphatic heterocycles. The number of rotatable bonds is 58. The van der Waals surface area contributed by atoms with Crippen LogP contribution in [0.25, 0.3) is 0 Å². The number of hydrogen-bond acceptors (Lipinski definition) is 35. The molecular weight excluding hydrogens is 1640 g/mol. The Hall–Kier alpha value is -9.14. The summed E-state index contributed by atoms with van der Waals surface area (Å²) in [5.41, 5.74) is 6.01. The van der Waals surface area contributed by atoms with Gasteiger partial charge in [0.1, 0.15) is 68.5 Å². The van der Waals surface area contributed by atoms with E-state index in [1.165, 1.54) is 41.5 Å². The summed E-state index contributed by atoms with van der Waals surface area (Å²) in [4.78, 5) is 200. The van der Waals surface area contributed by atoms with Crippen molar-refractivity contribution in [1.82, 2.24) is 37.2 Å². The van der Waals surface area contributed by atoms with Crippen molar-refractivity contribution < 1.29 is 162 Å². The van der Waals surface area contributed by atoms with E-state index in [0.29, 0.717) is 109 Å². The molecule has 704 valence electrons. The van der Waals surface area contributed by atoms with Gasteiger partial charge in [-0.05, 0) is 64.0 Å². The van der Waals surface area contributed by atoms with Crippen LogP contribution >= 0.6 is 0 Å². The van der Waals surface area contributed by atoms with Crippen molar-refractivity contribution in [3.8, 4) is 0 Å². The van der Waals surface area contributed by atoms with Crippen LogP contribution in [0.15, 0.2) is 11.6 Å². The van der Waals surface area contributed by atoms with Crippen LogP contribution in [-0.4, -0.2) is 298 Å². The van der Waals surface area contributed by atoms with Crippen molar-refractivity contribution in [1.29, 1.82) is 0 Å². The molecule has 0 aromatic carbocycles. The quantitative estimate of drug-likeness (QED) is 0.0242. The molecule has 0 bridgehead atoms. The molecule has 3 fully saturated rings. The van der Waals surface area contributed by atoms with Gasteiger partial charge < -0.3 is 128 Å². The van der Waals surface area contributed by atoms with E-state index < -0.39 is 207 Å². The Labute approximate surface area is 722 Å². The van der Waals surface area contributed by atoms with E-state index in [1.807, 2.05) is 0 Å². The van der Waals surface area contributed by atoms with Crippen LogP contribution < -0.4 is 43.0 Å². The number of hydrogen-bond donors (Lipinski definition) is 8. The normalized spacial score (nSPS) is 24.6. The Morgan fingerprint density at radius 1 is 0.323 bits per heavy atom. The first-order valence-corrected chi connectivity index (χ1v) is 42.5. The van der Waals surface area contributed by atoms with E-state index in [-0.39, 0.29) is 96.1 Å². The molecular formula is C82H132N8O34. The lowest BCUT2D eigenvalue weighted by atomic mass is 9.91. The molecule has 9 N–H and O–H groups in total. The molecule has 4 aliphatic rings. The lowest BCUT2D eigenvalue weighted by Crippen LogP contribution is -2.66. The maximum absolute atomic E-state index is 14.0. The van der Waals surface area contributed by atoms with Gasteiger partial charge in [0.15, 0.2) is 55.5 Å². The predicted octanol–water partition coefficient (Wildman–Crippen LogP) is 1.33. The molecule has 7 amide bonds. The second-order valence-electron chi connectivity index (χ2n) is 30.2. The van der Waals surface area contributed by atoms with Gasteiger partial charge >= 0.3 is 53.7 Å². The maximum Gasteiger partial charge on any atom is 0.303 e. The minimum Gasteiger partial charge on any atom is -0.463 e. The number of carbonyl (C=O) groups excluding carboxylic acids is 16. The van der Waals surface area contributed by atoms with Crippen molar-refractivity contribution in [2.24, 2.45) is 5.73 Å². The zero-order valence-electron chi connectivity index (χ0n) is 73.5. The molecule has 4 rings (SSSR count). The maximum atomic E-state index is 14.0. The number of nitrogens with two attached hydrogens (primary N) is 1. The number of ether oxygens (including phenoxy) is 18. The van der Waals surface area contributed by atoms with Crippen LogP contribution in [-0.2, 0) is 162 Å². The molecule has 0 aromatic rings. The van der Waals surface area contributed by atoms with E-state index in [1.54, 1.807) is 6.08 Å². The second kappa shape index (κ2) is 59.7. The lowest BCUT2D eigenvalue weighted by molar-refractivity contribution is -0.277. The first-order valence-electron chi connectivity index (χ1n) is 42.5. The first-order chi connectivity index (χ1) is 59.1. The van der Waals surface area contributed by atoms with Crippen LogP contribution in [0.2, 0.25) is 0 Å². The highest BCUT2D eigenvalue weighted by atomic mass is 16.7. The monoisotopic (exact) mass is 1770 g/mol. The molecule has 0 unspecified atom stereocenters. The molecule has 0 radical (unpaired) electrons. The molecule has 0 spiro atoms. The van der Waals surface area contributed by atoms with E-state index in [2.05, 4.69) is 37.2 Å². The first kappa shape index (κ1) is 107. The minimum absolute atomic E-state index is 0.0140. The summed E-state index contributed by atoms with van der Waals surface area (Å²) >= 11 is 0. The average Bonchev–Trinajstić information content (AvgIpc) is 0.794. The van der Waals surface area contributed by atoms with Gasteiger partial charge in [0.2, 0.25) is 41.4 Å². The van der Waals surface area contributed by atoms with Gasteiger partial charge in [0, 0.05) is 160 Å². The van der Waals surface area contributed by atoms with E-state index >= 15 is 0 Å². The SMILES string of the molecule is CC(=O)N[C@H]1[C@H](OCCCCCCNC(=O)CCO[C@@H]2[C@H](OCCC(=O)NCCCCCCO[C@@H]3O[C@H](COC(C)=O)[C@H](OC(C)=O)[C@H](OC(C)=O)[C@H]3NC(C)=O)C=C(C(=O)NCCCCCCN)C[C@H]2OCCC(=O)NCCCCCCO[C@@H]2O[C@H](COC(C)=O)[C@H](OC(C)=O)[C@H](OC(C)=O)[C@H]2NC(C)=O)O[C@H](COC(C)=O)[C@H](OC(C)=O)[C@@H]1OC(C)=O. The molecule has 0 saturated carbocycles.